The summed E-state index contributed by atoms with van der Waals surface area (Å²) in [5.74, 6) is -0.253. The first-order valence-electron chi connectivity index (χ1n) is 6.43. The molecule has 4 nitrogen and oxygen atoms in total. The molecule has 0 fully saturated rings. The van der Waals surface area contributed by atoms with E-state index in [1.807, 2.05) is 6.92 Å². The minimum absolute atomic E-state index is 0.269. The van der Waals surface area contributed by atoms with Gasteiger partial charge in [-0.05, 0) is 19.1 Å². The Morgan fingerprint density at radius 2 is 2.38 bits per heavy atom. The second kappa shape index (κ2) is 6.99. The van der Waals surface area contributed by atoms with Crippen molar-refractivity contribution in [2.75, 3.05) is 13.2 Å². The molecule has 0 bridgehead atoms. The Labute approximate surface area is 126 Å². The summed E-state index contributed by atoms with van der Waals surface area (Å²) in [7, 11) is 0. The molecule has 1 amide bonds. The highest BCUT2D eigenvalue weighted by molar-refractivity contribution is 7.13. The van der Waals surface area contributed by atoms with Crippen molar-refractivity contribution in [3.05, 3.63) is 47.7 Å². The highest BCUT2D eigenvalue weighted by Gasteiger charge is 2.14. The van der Waals surface area contributed by atoms with Crippen LogP contribution in [0.25, 0.3) is 10.6 Å². The third-order valence-corrected chi connectivity index (χ3v) is 3.50. The van der Waals surface area contributed by atoms with Gasteiger partial charge in [0.15, 0.2) is 0 Å². The van der Waals surface area contributed by atoms with Gasteiger partial charge >= 0.3 is 0 Å². The van der Waals surface area contributed by atoms with Crippen LogP contribution in [0.1, 0.15) is 17.4 Å². The SMILES string of the molecule is C=CCNC(=O)c1csc(-c2ccc(OCC)cc2F)n1. The number of carbonyl (C=O) groups is 1. The number of hydrogen-bond donors (Lipinski definition) is 1. The van der Waals surface area contributed by atoms with Crippen molar-refractivity contribution in [2.45, 2.75) is 6.92 Å². The van der Waals surface area contributed by atoms with E-state index in [1.54, 1.807) is 23.6 Å². The molecule has 0 saturated heterocycles. The van der Waals surface area contributed by atoms with Gasteiger partial charge in [-0.15, -0.1) is 17.9 Å². The van der Waals surface area contributed by atoms with Gasteiger partial charge in [0, 0.05) is 23.6 Å². The summed E-state index contributed by atoms with van der Waals surface area (Å²) in [4.78, 5) is 15.9. The first-order chi connectivity index (χ1) is 10.2. The summed E-state index contributed by atoms with van der Waals surface area (Å²) in [6.45, 7) is 6.19. The number of carbonyl (C=O) groups excluding carboxylic acids is 1. The predicted molar refractivity (Wildman–Crippen MR) is 81.2 cm³/mol. The fourth-order valence-corrected chi connectivity index (χ4v) is 2.51. The lowest BCUT2D eigenvalue weighted by molar-refractivity contribution is 0.0954. The average molecular weight is 306 g/mol. The molecule has 0 atom stereocenters. The topological polar surface area (TPSA) is 51.2 Å². The van der Waals surface area contributed by atoms with Crippen LogP contribution in [0.2, 0.25) is 0 Å². The molecule has 1 aromatic carbocycles. The number of nitrogens with one attached hydrogen (secondary N) is 1. The van der Waals surface area contributed by atoms with E-state index in [1.165, 1.54) is 17.4 Å². The molecular weight excluding hydrogens is 291 g/mol. The van der Waals surface area contributed by atoms with Crippen LogP contribution in [0.5, 0.6) is 5.75 Å². The normalized spacial score (nSPS) is 10.2. The largest absolute Gasteiger partial charge is 0.494 e. The summed E-state index contributed by atoms with van der Waals surface area (Å²) in [6, 6.07) is 4.60. The van der Waals surface area contributed by atoms with Gasteiger partial charge < -0.3 is 10.1 Å². The molecule has 0 radical (unpaired) electrons. The van der Waals surface area contributed by atoms with E-state index in [2.05, 4.69) is 16.9 Å². The number of rotatable bonds is 6. The molecule has 0 unspecified atom stereocenters. The average Bonchev–Trinajstić information content (AvgIpc) is 2.95. The number of benzene rings is 1. The number of amides is 1. The third kappa shape index (κ3) is 3.66. The lowest BCUT2D eigenvalue weighted by atomic mass is 10.2. The van der Waals surface area contributed by atoms with E-state index in [4.69, 9.17) is 4.74 Å². The van der Waals surface area contributed by atoms with Crippen molar-refractivity contribution in [3.63, 3.8) is 0 Å². The summed E-state index contributed by atoms with van der Waals surface area (Å²) < 4.78 is 19.3. The number of nitrogens with zero attached hydrogens (tertiary/aromatic N) is 1. The minimum Gasteiger partial charge on any atom is -0.494 e. The van der Waals surface area contributed by atoms with Crippen molar-refractivity contribution in [1.29, 1.82) is 0 Å². The van der Waals surface area contributed by atoms with Crippen molar-refractivity contribution < 1.29 is 13.9 Å². The summed E-state index contributed by atoms with van der Waals surface area (Å²) >= 11 is 1.22. The van der Waals surface area contributed by atoms with Crippen LogP contribution in [-0.4, -0.2) is 24.0 Å². The zero-order valence-corrected chi connectivity index (χ0v) is 12.4. The maximum Gasteiger partial charge on any atom is 0.271 e. The predicted octanol–water partition coefficient (Wildman–Crippen LogP) is 3.26. The molecule has 1 heterocycles. The zero-order valence-electron chi connectivity index (χ0n) is 11.6. The summed E-state index contributed by atoms with van der Waals surface area (Å²) in [5, 5.41) is 4.69. The van der Waals surface area contributed by atoms with Crippen LogP contribution in [0, 0.1) is 5.82 Å². The highest BCUT2D eigenvalue weighted by Crippen LogP contribution is 2.28. The number of thiazole rings is 1. The molecule has 0 aliphatic rings. The van der Waals surface area contributed by atoms with Gasteiger partial charge in [-0.1, -0.05) is 6.08 Å². The molecule has 110 valence electrons. The standard InChI is InChI=1S/C15H15FN2O2S/c1-3-7-17-14(19)13-9-21-15(18-13)11-6-5-10(20-4-2)8-12(11)16/h3,5-6,8-9H,1,4,7H2,2H3,(H,17,19). The third-order valence-electron chi connectivity index (χ3n) is 2.63. The molecule has 0 spiro atoms. The van der Waals surface area contributed by atoms with Crippen LogP contribution in [0.3, 0.4) is 0 Å². The molecule has 0 saturated carbocycles. The molecule has 0 aliphatic heterocycles. The number of hydrogen-bond acceptors (Lipinski definition) is 4. The molecule has 2 rings (SSSR count). The van der Waals surface area contributed by atoms with Gasteiger partial charge in [-0.2, -0.15) is 0 Å². The van der Waals surface area contributed by atoms with Crippen molar-refractivity contribution >= 4 is 17.2 Å². The van der Waals surface area contributed by atoms with Crippen LogP contribution in [0.4, 0.5) is 4.39 Å². The molecule has 2 aromatic rings. The van der Waals surface area contributed by atoms with Crippen molar-refractivity contribution in [1.82, 2.24) is 10.3 Å². The van der Waals surface area contributed by atoms with E-state index < -0.39 is 5.82 Å². The van der Waals surface area contributed by atoms with Crippen molar-refractivity contribution in [3.8, 4) is 16.3 Å². The summed E-state index contributed by atoms with van der Waals surface area (Å²) in [6.07, 6.45) is 1.58. The quantitative estimate of drug-likeness (QED) is 0.833. The highest BCUT2D eigenvalue weighted by atomic mass is 32.1. The van der Waals surface area contributed by atoms with Gasteiger partial charge in [0.1, 0.15) is 22.3 Å². The smallest absolute Gasteiger partial charge is 0.271 e. The lowest BCUT2D eigenvalue weighted by Crippen LogP contribution is -2.23. The monoisotopic (exact) mass is 306 g/mol. The van der Waals surface area contributed by atoms with Crippen LogP contribution in [-0.2, 0) is 0 Å². The van der Waals surface area contributed by atoms with E-state index in [-0.39, 0.29) is 11.6 Å². The molecule has 6 heteroatoms. The maximum atomic E-state index is 14.0. The first-order valence-corrected chi connectivity index (χ1v) is 7.31. The Bertz CT molecular complexity index is 655. The Morgan fingerprint density at radius 1 is 1.57 bits per heavy atom. The van der Waals surface area contributed by atoms with Gasteiger partial charge in [0.25, 0.3) is 5.91 Å². The van der Waals surface area contributed by atoms with Gasteiger partial charge in [-0.25, -0.2) is 9.37 Å². The minimum atomic E-state index is -0.423. The molecule has 0 aliphatic carbocycles. The Kier molecular flexibility index (Phi) is 5.05. The molecular formula is C15H15FN2O2S. The van der Waals surface area contributed by atoms with E-state index in [9.17, 15) is 9.18 Å². The van der Waals surface area contributed by atoms with Crippen molar-refractivity contribution in [2.24, 2.45) is 0 Å². The Hall–Kier alpha value is -2.21. The number of aromatic nitrogens is 1. The zero-order chi connectivity index (χ0) is 15.2. The van der Waals surface area contributed by atoms with E-state index >= 15 is 0 Å². The molecule has 1 aromatic heterocycles. The first kappa shape index (κ1) is 15.2. The van der Waals surface area contributed by atoms with Crippen LogP contribution < -0.4 is 10.1 Å². The van der Waals surface area contributed by atoms with Gasteiger partial charge in [-0.3, -0.25) is 4.79 Å². The van der Waals surface area contributed by atoms with Gasteiger partial charge in [0.05, 0.1) is 6.61 Å². The molecule has 21 heavy (non-hydrogen) atoms. The van der Waals surface area contributed by atoms with Gasteiger partial charge in [0.2, 0.25) is 0 Å². The number of halogens is 1. The lowest BCUT2D eigenvalue weighted by Gasteiger charge is -2.04. The fourth-order valence-electron chi connectivity index (χ4n) is 1.68. The second-order valence-electron chi connectivity index (χ2n) is 4.11. The number of ether oxygens (including phenoxy) is 1. The fraction of sp³-hybridized carbons (Fsp3) is 0.200. The Balaban J connectivity index is 2.21. The Morgan fingerprint density at radius 3 is 3.05 bits per heavy atom. The van der Waals surface area contributed by atoms with Crippen LogP contribution >= 0.6 is 11.3 Å². The van der Waals surface area contributed by atoms with Crippen LogP contribution in [0.15, 0.2) is 36.2 Å². The second-order valence-corrected chi connectivity index (χ2v) is 4.97. The molecule has 1 N–H and O–H groups in total. The maximum absolute atomic E-state index is 14.0. The van der Waals surface area contributed by atoms with E-state index in [0.717, 1.165) is 0 Å². The van der Waals surface area contributed by atoms with E-state index in [0.29, 0.717) is 29.5 Å². The summed E-state index contributed by atoms with van der Waals surface area (Å²) in [5.41, 5.74) is 0.622.